The van der Waals surface area contributed by atoms with Crippen LogP contribution in [-0.4, -0.2) is 11.6 Å². The van der Waals surface area contributed by atoms with E-state index >= 15 is 0 Å². The molecule has 0 radical (unpaired) electrons. The summed E-state index contributed by atoms with van der Waals surface area (Å²) in [6.45, 7) is 7.73. The molecule has 2 saturated carbocycles. The van der Waals surface area contributed by atoms with Crippen LogP contribution in [0.2, 0.25) is 0 Å². The highest BCUT2D eigenvalue weighted by molar-refractivity contribution is 5.91. The van der Waals surface area contributed by atoms with Gasteiger partial charge in [0.05, 0.1) is 0 Å². The molecule has 0 N–H and O–H groups in total. The summed E-state index contributed by atoms with van der Waals surface area (Å²) in [6.07, 6.45) is 11.0. The first kappa shape index (κ1) is 14.2. The lowest BCUT2D eigenvalue weighted by Gasteiger charge is -2.54. The van der Waals surface area contributed by atoms with E-state index in [1.54, 1.807) is 0 Å². The van der Waals surface area contributed by atoms with E-state index in [0.29, 0.717) is 30.8 Å². The fourth-order valence-electron chi connectivity index (χ4n) is 4.19. The minimum absolute atomic E-state index is 0.265. The summed E-state index contributed by atoms with van der Waals surface area (Å²) in [5, 5.41) is 0. The Balaban J connectivity index is 2.34. The molecule has 0 saturated heterocycles. The molecule has 2 fully saturated rings. The van der Waals surface area contributed by atoms with Crippen molar-refractivity contribution >= 4 is 11.6 Å². The minimum Gasteiger partial charge on any atom is -0.300 e. The minimum atomic E-state index is -0.316. The van der Waals surface area contributed by atoms with Crippen LogP contribution in [0.25, 0.3) is 0 Å². The quantitative estimate of drug-likeness (QED) is 0.553. The van der Waals surface area contributed by atoms with Gasteiger partial charge in [-0.2, -0.15) is 0 Å². The van der Waals surface area contributed by atoms with Crippen LogP contribution in [0.15, 0.2) is 25.3 Å². The Morgan fingerprint density at radius 3 is 2.63 bits per heavy atom. The highest BCUT2D eigenvalue weighted by Gasteiger charge is 2.57. The molecule has 2 rings (SSSR count). The molecule has 0 bridgehead atoms. The molecule has 0 aromatic rings. The van der Waals surface area contributed by atoms with Crippen molar-refractivity contribution in [3.63, 3.8) is 0 Å². The smallest absolute Gasteiger partial charge is 0.139 e. The van der Waals surface area contributed by atoms with Crippen LogP contribution >= 0.6 is 0 Å². The molecule has 0 aliphatic heterocycles. The Morgan fingerprint density at radius 1 is 1.16 bits per heavy atom. The van der Waals surface area contributed by atoms with Crippen molar-refractivity contribution in [1.82, 2.24) is 0 Å². The highest BCUT2D eigenvalue weighted by atomic mass is 16.1. The Morgan fingerprint density at radius 2 is 1.95 bits per heavy atom. The molecule has 2 aliphatic carbocycles. The maximum atomic E-state index is 12.6. The van der Waals surface area contributed by atoms with Gasteiger partial charge in [-0.3, -0.25) is 9.59 Å². The zero-order valence-corrected chi connectivity index (χ0v) is 11.7. The van der Waals surface area contributed by atoms with Crippen molar-refractivity contribution < 1.29 is 9.59 Å². The van der Waals surface area contributed by atoms with Crippen LogP contribution in [0.5, 0.6) is 0 Å². The first-order chi connectivity index (χ1) is 9.10. The number of Topliss-reactive ketones (excluding diaryl/α,β-unsaturated/α-hetero) is 2. The van der Waals surface area contributed by atoms with Gasteiger partial charge in [-0.15, -0.1) is 13.2 Å². The lowest BCUT2D eigenvalue weighted by Crippen LogP contribution is -2.53. The van der Waals surface area contributed by atoms with E-state index in [1.165, 1.54) is 0 Å². The molecule has 2 nitrogen and oxygen atoms in total. The van der Waals surface area contributed by atoms with E-state index in [0.717, 1.165) is 38.5 Å². The van der Waals surface area contributed by atoms with Gasteiger partial charge >= 0.3 is 0 Å². The predicted octanol–water partition coefficient (Wildman–Crippen LogP) is 4.01. The van der Waals surface area contributed by atoms with Gasteiger partial charge in [-0.1, -0.05) is 12.2 Å². The van der Waals surface area contributed by atoms with E-state index in [-0.39, 0.29) is 10.8 Å². The standard InChI is InChI=1S/C17H24O2/c1-3-5-6-11-17-12-9-14(18)13-16(17,4-2)10-7-8-15(17)19/h3-4H,1-2,5-13H2/t16-,17-/m0/s1. The summed E-state index contributed by atoms with van der Waals surface area (Å²) in [5.41, 5.74) is -0.581. The van der Waals surface area contributed by atoms with Gasteiger partial charge in [0.25, 0.3) is 0 Å². The average Bonchev–Trinajstić information content (AvgIpc) is 2.40. The van der Waals surface area contributed by atoms with E-state index in [9.17, 15) is 9.59 Å². The van der Waals surface area contributed by atoms with Crippen molar-refractivity contribution in [3.8, 4) is 0 Å². The number of allylic oxidation sites excluding steroid dienone is 2. The summed E-state index contributed by atoms with van der Waals surface area (Å²) in [5.74, 6) is 0.671. The fourth-order valence-corrected chi connectivity index (χ4v) is 4.19. The van der Waals surface area contributed by atoms with Crippen molar-refractivity contribution in [3.05, 3.63) is 25.3 Å². The van der Waals surface area contributed by atoms with Gasteiger partial charge in [-0.05, 0) is 38.5 Å². The molecule has 0 spiro atoms. The molecule has 0 aromatic heterocycles. The summed E-state index contributed by atoms with van der Waals surface area (Å²) in [4.78, 5) is 24.5. The van der Waals surface area contributed by atoms with Crippen LogP contribution in [0.3, 0.4) is 0 Å². The van der Waals surface area contributed by atoms with Crippen LogP contribution in [0, 0.1) is 10.8 Å². The van der Waals surface area contributed by atoms with Crippen molar-refractivity contribution in [2.45, 2.75) is 57.8 Å². The summed E-state index contributed by atoms with van der Waals surface area (Å²) >= 11 is 0. The Hall–Kier alpha value is -1.18. The largest absolute Gasteiger partial charge is 0.300 e. The van der Waals surface area contributed by atoms with Crippen LogP contribution in [-0.2, 0) is 9.59 Å². The van der Waals surface area contributed by atoms with E-state index < -0.39 is 0 Å². The molecular weight excluding hydrogens is 236 g/mol. The number of ketones is 2. The topological polar surface area (TPSA) is 34.1 Å². The number of fused-ring (bicyclic) bond motifs is 1. The first-order valence-electron chi connectivity index (χ1n) is 7.40. The maximum absolute atomic E-state index is 12.6. The van der Waals surface area contributed by atoms with Gasteiger partial charge in [0.2, 0.25) is 0 Å². The second-order valence-corrected chi connectivity index (χ2v) is 6.12. The van der Waals surface area contributed by atoms with Gasteiger partial charge in [0.15, 0.2) is 0 Å². The zero-order chi connectivity index (χ0) is 13.9. The van der Waals surface area contributed by atoms with Crippen LogP contribution in [0.4, 0.5) is 0 Å². The third kappa shape index (κ3) is 2.22. The number of carbonyl (C=O) groups excluding carboxylic acids is 2. The van der Waals surface area contributed by atoms with Gasteiger partial charge in [-0.25, -0.2) is 0 Å². The zero-order valence-electron chi connectivity index (χ0n) is 11.7. The molecule has 0 unspecified atom stereocenters. The average molecular weight is 260 g/mol. The summed E-state index contributed by atoms with van der Waals surface area (Å²) in [6, 6.07) is 0. The third-order valence-corrected chi connectivity index (χ3v) is 5.26. The number of hydrogen-bond donors (Lipinski definition) is 0. The number of unbranched alkanes of at least 4 members (excludes halogenated alkanes) is 1. The van der Waals surface area contributed by atoms with Gasteiger partial charge < -0.3 is 0 Å². The molecule has 2 heteroatoms. The Kier molecular flexibility index (Phi) is 4.07. The van der Waals surface area contributed by atoms with Gasteiger partial charge in [0.1, 0.15) is 11.6 Å². The Bertz CT molecular complexity index is 409. The second-order valence-electron chi connectivity index (χ2n) is 6.12. The summed E-state index contributed by atoms with van der Waals surface area (Å²) < 4.78 is 0. The number of rotatable bonds is 5. The molecule has 2 aliphatic rings. The first-order valence-corrected chi connectivity index (χ1v) is 7.40. The van der Waals surface area contributed by atoms with Gasteiger partial charge in [0, 0.05) is 30.1 Å². The van der Waals surface area contributed by atoms with Crippen LogP contribution < -0.4 is 0 Å². The summed E-state index contributed by atoms with van der Waals surface area (Å²) in [7, 11) is 0. The van der Waals surface area contributed by atoms with Crippen molar-refractivity contribution in [1.29, 1.82) is 0 Å². The SMILES string of the molecule is C=CCCC[C@@]12CCC(=O)C[C@]1(C=C)CCCC2=O. The highest BCUT2D eigenvalue weighted by Crippen LogP contribution is 2.59. The third-order valence-electron chi connectivity index (χ3n) is 5.26. The van der Waals surface area contributed by atoms with E-state index in [1.807, 2.05) is 12.2 Å². The predicted molar refractivity (Wildman–Crippen MR) is 76.8 cm³/mol. The maximum Gasteiger partial charge on any atom is 0.139 e. The molecule has 0 heterocycles. The number of carbonyl (C=O) groups is 2. The Labute approximate surface area is 116 Å². The normalized spacial score (nSPS) is 34.7. The molecule has 19 heavy (non-hydrogen) atoms. The monoisotopic (exact) mass is 260 g/mol. The lowest BCUT2D eigenvalue weighted by molar-refractivity contribution is -0.149. The van der Waals surface area contributed by atoms with Crippen molar-refractivity contribution in [2.75, 3.05) is 0 Å². The lowest BCUT2D eigenvalue weighted by atomic mass is 9.48. The number of hydrogen-bond acceptors (Lipinski definition) is 2. The molecule has 104 valence electrons. The molecule has 2 atom stereocenters. The second kappa shape index (κ2) is 5.44. The molecule has 0 aromatic carbocycles. The molecular formula is C17H24O2. The van der Waals surface area contributed by atoms with E-state index in [2.05, 4.69) is 13.2 Å². The van der Waals surface area contributed by atoms with Crippen molar-refractivity contribution in [2.24, 2.45) is 10.8 Å². The van der Waals surface area contributed by atoms with Crippen LogP contribution in [0.1, 0.15) is 57.8 Å². The van der Waals surface area contributed by atoms with E-state index in [4.69, 9.17) is 0 Å². The fraction of sp³-hybridized carbons (Fsp3) is 0.647. The molecule has 0 amide bonds.